The van der Waals surface area contributed by atoms with Crippen LogP contribution >= 0.6 is 11.3 Å². The van der Waals surface area contributed by atoms with Crippen molar-refractivity contribution in [3.63, 3.8) is 0 Å². The standard InChI is InChI=1S/C13H15NS/c14-12(8-9-4-5-9)11-3-1-2-10-6-7-15-13(10)11/h1-3,6-7,9,12H,4-5,8,14H2. The summed E-state index contributed by atoms with van der Waals surface area (Å²) in [6.45, 7) is 0. The summed E-state index contributed by atoms with van der Waals surface area (Å²) in [6, 6.07) is 8.88. The molecule has 2 aromatic rings. The molecule has 1 unspecified atom stereocenters. The van der Waals surface area contributed by atoms with Gasteiger partial charge in [-0.05, 0) is 34.7 Å². The molecule has 1 aromatic heterocycles. The molecule has 15 heavy (non-hydrogen) atoms. The van der Waals surface area contributed by atoms with Crippen LogP contribution in [0.1, 0.15) is 30.9 Å². The van der Waals surface area contributed by atoms with E-state index in [-0.39, 0.29) is 6.04 Å². The molecule has 2 N–H and O–H groups in total. The SMILES string of the molecule is NC(CC1CC1)c1cccc2ccsc12. The number of thiophene rings is 1. The van der Waals surface area contributed by atoms with Gasteiger partial charge in [-0.3, -0.25) is 0 Å². The van der Waals surface area contributed by atoms with E-state index in [1.807, 2.05) is 11.3 Å². The number of fused-ring (bicyclic) bond motifs is 1. The van der Waals surface area contributed by atoms with Gasteiger partial charge in [0.15, 0.2) is 0 Å². The van der Waals surface area contributed by atoms with Gasteiger partial charge in [-0.25, -0.2) is 0 Å². The zero-order chi connectivity index (χ0) is 10.3. The summed E-state index contributed by atoms with van der Waals surface area (Å²) in [5, 5.41) is 3.49. The summed E-state index contributed by atoms with van der Waals surface area (Å²) in [6.07, 6.45) is 3.93. The summed E-state index contributed by atoms with van der Waals surface area (Å²) in [5.41, 5.74) is 7.61. The highest BCUT2D eigenvalue weighted by molar-refractivity contribution is 7.17. The lowest BCUT2D eigenvalue weighted by molar-refractivity contribution is 0.601. The Morgan fingerprint density at radius 3 is 3.00 bits per heavy atom. The molecule has 0 amide bonds. The maximum atomic E-state index is 6.27. The van der Waals surface area contributed by atoms with Crippen LogP contribution in [-0.4, -0.2) is 0 Å². The van der Waals surface area contributed by atoms with Crippen LogP contribution < -0.4 is 5.73 Å². The van der Waals surface area contributed by atoms with Crippen molar-refractivity contribution in [3.05, 3.63) is 35.2 Å². The fourth-order valence-electron chi connectivity index (χ4n) is 2.15. The first-order valence-electron chi connectivity index (χ1n) is 5.56. The van der Waals surface area contributed by atoms with Crippen molar-refractivity contribution < 1.29 is 0 Å². The van der Waals surface area contributed by atoms with E-state index in [1.54, 1.807) is 0 Å². The maximum absolute atomic E-state index is 6.27. The van der Waals surface area contributed by atoms with E-state index in [1.165, 1.54) is 28.5 Å². The highest BCUT2D eigenvalue weighted by atomic mass is 32.1. The smallest absolute Gasteiger partial charge is 0.0390 e. The molecule has 1 fully saturated rings. The van der Waals surface area contributed by atoms with Gasteiger partial charge >= 0.3 is 0 Å². The minimum atomic E-state index is 0.236. The van der Waals surface area contributed by atoms with Crippen molar-refractivity contribution in [2.45, 2.75) is 25.3 Å². The van der Waals surface area contributed by atoms with Crippen molar-refractivity contribution in [3.8, 4) is 0 Å². The van der Waals surface area contributed by atoms with E-state index >= 15 is 0 Å². The number of rotatable bonds is 3. The minimum absolute atomic E-state index is 0.236. The molecule has 1 aliphatic rings. The molecule has 0 spiro atoms. The van der Waals surface area contributed by atoms with E-state index in [4.69, 9.17) is 5.73 Å². The molecule has 0 saturated heterocycles. The first kappa shape index (κ1) is 9.37. The largest absolute Gasteiger partial charge is 0.324 e. The Bertz CT molecular complexity index is 470. The lowest BCUT2D eigenvalue weighted by Crippen LogP contribution is -2.10. The molecule has 1 aliphatic carbocycles. The number of hydrogen-bond acceptors (Lipinski definition) is 2. The Labute approximate surface area is 93.9 Å². The number of benzene rings is 1. The lowest BCUT2D eigenvalue weighted by atomic mass is 10.0. The average molecular weight is 217 g/mol. The van der Waals surface area contributed by atoms with Crippen molar-refractivity contribution in [1.29, 1.82) is 0 Å². The molecule has 1 nitrogen and oxygen atoms in total. The molecular formula is C13H15NS. The van der Waals surface area contributed by atoms with Crippen molar-refractivity contribution in [2.75, 3.05) is 0 Å². The van der Waals surface area contributed by atoms with Crippen LogP contribution in [0.15, 0.2) is 29.6 Å². The van der Waals surface area contributed by atoms with Gasteiger partial charge in [0.1, 0.15) is 0 Å². The summed E-state index contributed by atoms with van der Waals surface area (Å²) in [4.78, 5) is 0. The molecule has 1 atom stereocenters. The second-order valence-corrected chi connectivity index (χ2v) is 5.39. The van der Waals surface area contributed by atoms with Gasteiger partial charge in [0.25, 0.3) is 0 Å². The Morgan fingerprint density at radius 1 is 1.33 bits per heavy atom. The molecule has 1 aromatic carbocycles. The van der Waals surface area contributed by atoms with Gasteiger partial charge in [-0.15, -0.1) is 11.3 Å². The van der Waals surface area contributed by atoms with Gasteiger partial charge in [0.05, 0.1) is 0 Å². The normalized spacial score (nSPS) is 18.2. The van der Waals surface area contributed by atoms with Crippen LogP contribution in [-0.2, 0) is 0 Å². The highest BCUT2D eigenvalue weighted by Gasteiger charge is 2.25. The van der Waals surface area contributed by atoms with Crippen molar-refractivity contribution in [2.24, 2.45) is 11.7 Å². The fraction of sp³-hybridized carbons (Fsp3) is 0.385. The summed E-state index contributed by atoms with van der Waals surface area (Å²) in [5.74, 6) is 0.898. The zero-order valence-electron chi connectivity index (χ0n) is 8.65. The average Bonchev–Trinajstić information content (AvgIpc) is 2.93. The van der Waals surface area contributed by atoms with Crippen LogP contribution in [0.25, 0.3) is 10.1 Å². The zero-order valence-corrected chi connectivity index (χ0v) is 9.46. The van der Waals surface area contributed by atoms with Gasteiger partial charge in [-0.1, -0.05) is 31.0 Å². The summed E-state index contributed by atoms with van der Waals surface area (Å²) < 4.78 is 1.38. The third-order valence-corrected chi connectivity index (χ3v) is 4.17. The van der Waals surface area contributed by atoms with Crippen LogP contribution in [0.4, 0.5) is 0 Å². The van der Waals surface area contributed by atoms with Crippen LogP contribution in [0.5, 0.6) is 0 Å². The third-order valence-electron chi connectivity index (χ3n) is 3.19. The monoisotopic (exact) mass is 217 g/mol. The summed E-state index contributed by atoms with van der Waals surface area (Å²) in [7, 11) is 0. The van der Waals surface area contributed by atoms with Crippen LogP contribution in [0, 0.1) is 5.92 Å². The van der Waals surface area contributed by atoms with Gasteiger partial charge < -0.3 is 5.73 Å². The van der Waals surface area contributed by atoms with Crippen LogP contribution in [0.3, 0.4) is 0 Å². The third kappa shape index (κ3) is 1.80. The Morgan fingerprint density at radius 2 is 2.20 bits per heavy atom. The predicted octanol–water partition coefficient (Wildman–Crippen LogP) is 3.70. The number of nitrogens with two attached hydrogens (primary N) is 1. The minimum Gasteiger partial charge on any atom is -0.324 e. The molecule has 1 saturated carbocycles. The number of hydrogen-bond donors (Lipinski definition) is 1. The maximum Gasteiger partial charge on any atom is 0.0390 e. The fourth-order valence-corrected chi connectivity index (χ4v) is 3.13. The van der Waals surface area contributed by atoms with Gasteiger partial charge in [0.2, 0.25) is 0 Å². The molecule has 1 heterocycles. The highest BCUT2D eigenvalue weighted by Crippen LogP contribution is 2.38. The Hall–Kier alpha value is -0.860. The Kier molecular flexibility index (Phi) is 2.26. The summed E-state index contributed by atoms with van der Waals surface area (Å²) >= 11 is 1.81. The quantitative estimate of drug-likeness (QED) is 0.833. The predicted molar refractivity (Wildman–Crippen MR) is 66.1 cm³/mol. The Balaban J connectivity index is 1.97. The molecule has 3 rings (SSSR count). The molecule has 0 aliphatic heterocycles. The molecule has 0 radical (unpaired) electrons. The lowest BCUT2D eigenvalue weighted by Gasteiger charge is -2.12. The van der Waals surface area contributed by atoms with Crippen LogP contribution in [0.2, 0.25) is 0 Å². The van der Waals surface area contributed by atoms with E-state index in [9.17, 15) is 0 Å². The van der Waals surface area contributed by atoms with E-state index in [2.05, 4.69) is 29.6 Å². The van der Waals surface area contributed by atoms with Gasteiger partial charge in [-0.2, -0.15) is 0 Å². The molecule has 78 valence electrons. The van der Waals surface area contributed by atoms with Gasteiger partial charge in [0, 0.05) is 10.7 Å². The topological polar surface area (TPSA) is 26.0 Å². The molecular weight excluding hydrogens is 202 g/mol. The molecule has 0 bridgehead atoms. The molecule has 2 heteroatoms. The van der Waals surface area contributed by atoms with E-state index in [0.717, 1.165) is 12.3 Å². The second kappa shape index (κ2) is 3.62. The van der Waals surface area contributed by atoms with E-state index < -0.39 is 0 Å². The van der Waals surface area contributed by atoms with E-state index in [0.29, 0.717) is 0 Å². The van der Waals surface area contributed by atoms with Crippen molar-refractivity contribution in [1.82, 2.24) is 0 Å². The second-order valence-electron chi connectivity index (χ2n) is 4.47. The van der Waals surface area contributed by atoms with Crippen molar-refractivity contribution >= 4 is 21.4 Å². The first-order chi connectivity index (χ1) is 7.34. The first-order valence-corrected chi connectivity index (χ1v) is 6.44.